The zero-order valence-corrected chi connectivity index (χ0v) is 29.1. The average molecular weight is 644 g/mol. The minimum absolute atomic E-state index is 0.00292. The first kappa shape index (κ1) is 37.4. The number of carbonyl (C=O) groups is 2. The Hall–Kier alpha value is -4.01. The van der Waals surface area contributed by atoms with Gasteiger partial charge in [0.1, 0.15) is 11.6 Å². The normalized spacial score (nSPS) is 12.0. The van der Waals surface area contributed by atoms with Gasteiger partial charge in [-0.05, 0) is 122 Å². The van der Waals surface area contributed by atoms with E-state index in [0.717, 1.165) is 55.3 Å². The van der Waals surface area contributed by atoms with Crippen LogP contribution in [0.3, 0.4) is 0 Å². The van der Waals surface area contributed by atoms with Crippen molar-refractivity contribution >= 4 is 23.5 Å². The number of aromatic nitrogens is 1. The van der Waals surface area contributed by atoms with Crippen molar-refractivity contribution in [2.45, 2.75) is 78.6 Å². The van der Waals surface area contributed by atoms with Gasteiger partial charge >= 0.3 is 0 Å². The van der Waals surface area contributed by atoms with Gasteiger partial charge in [0.25, 0.3) is 0 Å². The summed E-state index contributed by atoms with van der Waals surface area (Å²) in [4.78, 5) is 29.7. The van der Waals surface area contributed by atoms with Crippen molar-refractivity contribution in [3.63, 3.8) is 0 Å². The number of aryl methyl sites for hydroxylation is 2. The molecule has 1 aromatic heterocycles. The lowest BCUT2D eigenvalue weighted by Crippen LogP contribution is -2.15. The maximum Gasteiger partial charge on any atom is 0.163 e. The summed E-state index contributed by atoms with van der Waals surface area (Å²) in [6.07, 6.45) is 11.1. The van der Waals surface area contributed by atoms with E-state index >= 15 is 0 Å². The molecule has 3 rings (SSSR count). The van der Waals surface area contributed by atoms with Crippen LogP contribution in [0.2, 0.25) is 0 Å². The van der Waals surface area contributed by atoms with E-state index in [4.69, 9.17) is 15.2 Å². The van der Waals surface area contributed by atoms with Gasteiger partial charge < -0.3 is 25.6 Å². The van der Waals surface area contributed by atoms with Crippen LogP contribution in [-0.2, 0) is 33.6 Å². The maximum absolute atomic E-state index is 12.7. The monoisotopic (exact) mass is 643 g/mol. The second-order valence-corrected chi connectivity index (χ2v) is 12.7. The van der Waals surface area contributed by atoms with Crippen LogP contribution in [0.5, 0.6) is 11.5 Å². The Morgan fingerprint density at radius 2 is 1.81 bits per heavy atom. The number of aromatic hydroxyl groups is 1. The Bertz CT molecular complexity index is 1530. The molecule has 1 atom stereocenters. The standard InChI is InChI=1S/C39H53N3O5/c1-26(24-41-4)10-8-7-9-11-34(43)23-35(44)13-12-30-22-38(47-6)37(45)21-31(30)18-29-19-33(39(40)42-25-29)20-32-17-27(2)16-28(3)36(32)14-15-46-5/h12-13,16-17,19,21-22,25-26,41,45H,7-11,14-15,18,20,23-24H2,1-6H3,(H2,40,42)/t26-/m1/s1. The third-order valence-electron chi connectivity index (χ3n) is 8.57. The molecule has 3 aromatic rings. The van der Waals surface area contributed by atoms with E-state index in [2.05, 4.69) is 49.3 Å². The highest BCUT2D eigenvalue weighted by atomic mass is 16.5. The van der Waals surface area contributed by atoms with Crippen LogP contribution in [0, 0.1) is 19.8 Å². The Morgan fingerprint density at radius 3 is 2.53 bits per heavy atom. The highest BCUT2D eigenvalue weighted by Gasteiger charge is 2.15. The van der Waals surface area contributed by atoms with Gasteiger partial charge in [0, 0.05) is 26.1 Å². The van der Waals surface area contributed by atoms with Gasteiger partial charge in [0.2, 0.25) is 0 Å². The van der Waals surface area contributed by atoms with E-state index in [1.165, 1.54) is 35.4 Å². The van der Waals surface area contributed by atoms with Gasteiger partial charge in [-0.25, -0.2) is 4.98 Å². The molecule has 1 heterocycles. The topological polar surface area (TPSA) is 124 Å². The highest BCUT2D eigenvalue weighted by Crippen LogP contribution is 2.32. The number of unbranched alkanes of at least 4 members (excludes halogenated alkanes) is 2. The first-order valence-corrected chi connectivity index (χ1v) is 16.6. The molecule has 0 fully saturated rings. The number of anilines is 1. The van der Waals surface area contributed by atoms with Crippen LogP contribution in [0.1, 0.15) is 90.0 Å². The number of allylic oxidation sites excluding steroid dienone is 1. The predicted octanol–water partition coefficient (Wildman–Crippen LogP) is 6.71. The van der Waals surface area contributed by atoms with E-state index in [0.29, 0.717) is 48.9 Å². The predicted molar refractivity (Wildman–Crippen MR) is 190 cm³/mol. The van der Waals surface area contributed by atoms with E-state index in [1.807, 2.05) is 7.05 Å². The van der Waals surface area contributed by atoms with Gasteiger partial charge in [0.15, 0.2) is 17.3 Å². The number of benzene rings is 2. The number of methoxy groups -OCH3 is 2. The summed E-state index contributed by atoms with van der Waals surface area (Å²) < 4.78 is 10.7. The van der Waals surface area contributed by atoms with Gasteiger partial charge in [-0.15, -0.1) is 0 Å². The van der Waals surface area contributed by atoms with Gasteiger partial charge in [-0.2, -0.15) is 0 Å². The number of nitrogen functional groups attached to an aromatic ring is 1. The second kappa shape index (κ2) is 19.0. The summed E-state index contributed by atoms with van der Waals surface area (Å²) in [7, 11) is 5.15. The highest BCUT2D eigenvalue weighted by molar-refractivity contribution is 6.06. The molecular weight excluding hydrogens is 590 g/mol. The van der Waals surface area contributed by atoms with Crippen molar-refractivity contribution in [1.29, 1.82) is 0 Å². The smallest absolute Gasteiger partial charge is 0.163 e. The van der Waals surface area contributed by atoms with E-state index in [1.54, 1.807) is 31.5 Å². The number of phenols is 1. The van der Waals surface area contributed by atoms with Gasteiger partial charge in [-0.3, -0.25) is 9.59 Å². The minimum atomic E-state index is -0.246. The largest absolute Gasteiger partial charge is 0.504 e. The summed E-state index contributed by atoms with van der Waals surface area (Å²) in [5.74, 6) is 1.11. The van der Waals surface area contributed by atoms with Crippen LogP contribution in [0.4, 0.5) is 5.82 Å². The fourth-order valence-electron chi connectivity index (χ4n) is 6.10. The Balaban J connectivity index is 1.74. The molecule has 254 valence electrons. The van der Waals surface area contributed by atoms with Crippen molar-refractivity contribution in [2.24, 2.45) is 5.92 Å². The number of pyridine rings is 1. The lowest BCUT2D eigenvalue weighted by Gasteiger charge is -2.16. The van der Waals surface area contributed by atoms with Crippen molar-refractivity contribution in [2.75, 3.05) is 40.2 Å². The molecule has 8 nitrogen and oxygen atoms in total. The number of ether oxygens (including phenoxy) is 2. The van der Waals surface area contributed by atoms with E-state index < -0.39 is 0 Å². The molecule has 0 aliphatic rings. The first-order valence-electron chi connectivity index (χ1n) is 16.6. The lowest BCUT2D eigenvalue weighted by molar-refractivity contribution is -0.124. The fourth-order valence-corrected chi connectivity index (χ4v) is 6.10. The molecule has 2 aromatic carbocycles. The lowest BCUT2D eigenvalue weighted by atomic mass is 9.91. The first-order chi connectivity index (χ1) is 22.5. The zero-order valence-electron chi connectivity index (χ0n) is 29.1. The van der Waals surface area contributed by atoms with Gasteiger partial charge in [-0.1, -0.05) is 43.5 Å². The minimum Gasteiger partial charge on any atom is -0.504 e. The molecule has 0 aliphatic heterocycles. The number of carbonyl (C=O) groups excluding carboxylic acids is 2. The molecule has 0 bridgehead atoms. The molecule has 0 unspecified atom stereocenters. The number of phenolic OH excluding ortho intramolecular Hbond substituents is 1. The SMILES string of the molecule is CNC[C@H](C)CCCCCC(=O)CC(=O)C=Cc1cc(OC)c(O)cc1Cc1cnc(N)c(Cc2cc(C)cc(C)c2CCOC)c1. The molecule has 0 aliphatic carbocycles. The average Bonchev–Trinajstić information content (AvgIpc) is 3.01. The Labute approximate surface area is 280 Å². The van der Waals surface area contributed by atoms with E-state index in [9.17, 15) is 14.7 Å². The van der Waals surface area contributed by atoms with Crippen molar-refractivity contribution in [3.8, 4) is 11.5 Å². The number of rotatable bonds is 20. The summed E-state index contributed by atoms with van der Waals surface area (Å²) in [6.45, 7) is 8.07. The molecule has 0 amide bonds. The molecular formula is C39H53N3O5. The van der Waals surface area contributed by atoms with Crippen molar-refractivity contribution in [3.05, 3.63) is 87.1 Å². The van der Waals surface area contributed by atoms with Crippen LogP contribution in [0.15, 0.2) is 42.6 Å². The third kappa shape index (κ3) is 11.9. The number of nitrogens with two attached hydrogens (primary N) is 1. The number of Topliss-reactive ketones (excluding diaryl/α,β-unsaturated/α-hetero) is 1. The summed E-state index contributed by atoms with van der Waals surface area (Å²) in [5.41, 5.74) is 14.6. The van der Waals surface area contributed by atoms with Crippen molar-refractivity contribution < 1.29 is 24.2 Å². The molecule has 4 N–H and O–H groups in total. The fraction of sp³-hybridized carbons (Fsp3) is 0.462. The number of nitrogens with zero attached hydrogens (tertiary/aromatic N) is 1. The second-order valence-electron chi connectivity index (χ2n) is 12.7. The summed E-state index contributed by atoms with van der Waals surface area (Å²) in [6, 6.07) is 9.79. The molecule has 8 heteroatoms. The Morgan fingerprint density at radius 1 is 1.02 bits per heavy atom. The van der Waals surface area contributed by atoms with Crippen LogP contribution < -0.4 is 15.8 Å². The van der Waals surface area contributed by atoms with Gasteiger partial charge in [0.05, 0.1) is 20.1 Å². The zero-order chi connectivity index (χ0) is 34.3. The number of ketones is 2. The third-order valence-corrected chi connectivity index (χ3v) is 8.57. The molecule has 0 saturated heterocycles. The number of hydrogen-bond acceptors (Lipinski definition) is 8. The van der Waals surface area contributed by atoms with Crippen LogP contribution in [-0.4, -0.2) is 56.1 Å². The summed E-state index contributed by atoms with van der Waals surface area (Å²) in [5, 5.41) is 13.8. The van der Waals surface area contributed by atoms with Crippen molar-refractivity contribution in [1.82, 2.24) is 10.3 Å². The molecule has 0 radical (unpaired) electrons. The Kier molecular flexibility index (Phi) is 15.1. The number of hydrogen-bond donors (Lipinski definition) is 3. The maximum atomic E-state index is 12.7. The summed E-state index contributed by atoms with van der Waals surface area (Å²) >= 11 is 0. The van der Waals surface area contributed by atoms with E-state index in [-0.39, 0.29) is 23.7 Å². The molecule has 47 heavy (non-hydrogen) atoms. The van der Waals surface area contributed by atoms with Crippen LogP contribution >= 0.6 is 0 Å². The quantitative estimate of drug-likeness (QED) is 0.0705. The van der Waals surface area contributed by atoms with Crippen LogP contribution in [0.25, 0.3) is 6.08 Å². The molecule has 0 saturated carbocycles. The molecule has 0 spiro atoms. The number of nitrogens with one attached hydrogen (secondary N) is 1.